The molecular formula is C11H10BrClN2S. The van der Waals surface area contributed by atoms with Gasteiger partial charge in [0.15, 0.2) is 0 Å². The molecule has 0 bridgehead atoms. The van der Waals surface area contributed by atoms with Gasteiger partial charge in [-0.2, -0.15) is 0 Å². The monoisotopic (exact) mass is 316 g/mol. The number of thiophene rings is 1. The summed E-state index contributed by atoms with van der Waals surface area (Å²) in [5.74, 6) is 0. The van der Waals surface area contributed by atoms with Crippen molar-refractivity contribution in [2.24, 2.45) is 0 Å². The molecule has 0 spiro atoms. The van der Waals surface area contributed by atoms with Gasteiger partial charge in [0.2, 0.25) is 0 Å². The van der Waals surface area contributed by atoms with Gasteiger partial charge in [0.05, 0.1) is 15.2 Å². The van der Waals surface area contributed by atoms with Gasteiger partial charge in [-0.25, -0.2) is 0 Å². The molecule has 5 heteroatoms. The molecule has 2 rings (SSSR count). The highest BCUT2D eigenvalue weighted by Crippen LogP contribution is 2.26. The molecule has 2 aromatic rings. The Morgan fingerprint density at radius 2 is 2.12 bits per heavy atom. The van der Waals surface area contributed by atoms with Gasteiger partial charge in [0, 0.05) is 16.4 Å². The molecule has 0 saturated heterocycles. The summed E-state index contributed by atoms with van der Waals surface area (Å²) in [5, 5.41) is 3.95. The molecule has 0 saturated carbocycles. The third-order valence-electron chi connectivity index (χ3n) is 2.10. The fraction of sp³-hybridized carbons (Fsp3) is 0.0909. The summed E-state index contributed by atoms with van der Waals surface area (Å²) in [4.78, 5) is 1.24. The van der Waals surface area contributed by atoms with Gasteiger partial charge in [0.1, 0.15) is 0 Å². The molecule has 0 unspecified atom stereocenters. The summed E-state index contributed by atoms with van der Waals surface area (Å²) in [6.45, 7) is 0.751. The average Bonchev–Trinajstić information content (AvgIpc) is 2.66. The lowest BCUT2D eigenvalue weighted by Crippen LogP contribution is -2.00. The van der Waals surface area contributed by atoms with E-state index in [0.29, 0.717) is 10.7 Å². The number of nitrogen functional groups attached to an aromatic ring is 1. The third-order valence-corrected chi connectivity index (χ3v) is 3.96. The minimum absolute atomic E-state index is 0.684. The summed E-state index contributed by atoms with van der Waals surface area (Å²) in [5.41, 5.74) is 7.41. The van der Waals surface area contributed by atoms with Crippen LogP contribution in [0.5, 0.6) is 0 Å². The summed E-state index contributed by atoms with van der Waals surface area (Å²) in [7, 11) is 0. The Bertz CT molecular complexity index is 498. The van der Waals surface area contributed by atoms with E-state index in [1.807, 2.05) is 12.1 Å². The number of anilines is 2. The Kier molecular flexibility index (Phi) is 3.74. The van der Waals surface area contributed by atoms with Gasteiger partial charge < -0.3 is 11.1 Å². The Morgan fingerprint density at radius 1 is 1.31 bits per heavy atom. The molecule has 3 N–H and O–H groups in total. The summed E-state index contributed by atoms with van der Waals surface area (Å²) < 4.78 is 1.13. The second-order valence-electron chi connectivity index (χ2n) is 3.29. The van der Waals surface area contributed by atoms with Crippen LogP contribution in [0.1, 0.15) is 4.88 Å². The Hall–Kier alpha value is -0.710. The van der Waals surface area contributed by atoms with Crippen LogP contribution in [0, 0.1) is 0 Å². The molecule has 0 atom stereocenters. The molecule has 0 aliphatic rings. The molecule has 0 amide bonds. The van der Waals surface area contributed by atoms with Crippen LogP contribution in [-0.2, 0) is 6.54 Å². The number of hydrogen-bond acceptors (Lipinski definition) is 3. The standard InChI is InChI=1S/C11H10BrClN2S/c12-11-4-2-8(16-11)6-15-10-5-7(13)1-3-9(10)14/h1-5,15H,6,14H2. The molecule has 0 fully saturated rings. The maximum absolute atomic E-state index is 5.90. The van der Waals surface area contributed by atoms with Crippen molar-refractivity contribution in [2.45, 2.75) is 6.54 Å². The molecule has 16 heavy (non-hydrogen) atoms. The van der Waals surface area contributed by atoms with E-state index in [-0.39, 0.29) is 0 Å². The lowest BCUT2D eigenvalue weighted by molar-refractivity contribution is 1.19. The van der Waals surface area contributed by atoms with Crippen LogP contribution in [-0.4, -0.2) is 0 Å². The molecule has 2 nitrogen and oxygen atoms in total. The van der Waals surface area contributed by atoms with E-state index < -0.39 is 0 Å². The number of nitrogens with one attached hydrogen (secondary N) is 1. The van der Waals surface area contributed by atoms with Crippen molar-refractivity contribution >= 4 is 50.2 Å². The van der Waals surface area contributed by atoms with Crippen molar-refractivity contribution in [1.29, 1.82) is 0 Å². The van der Waals surface area contributed by atoms with Gasteiger partial charge >= 0.3 is 0 Å². The first kappa shape index (κ1) is 11.8. The highest BCUT2D eigenvalue weighted by Gasteiger charge is 2.01. The predicted molar refractivity (Wildman–Crippen MR) is 75.2 cm³/mol. The van der Waals surface area contributed by atoms with E-state index in [9.17, 15) is 0 Å². The first-order chi connectivity index (χ1) is 7.65. The van der Waals surface area contributed by atoms with E-state index in [2.05, 4.69) is 27.3 Å². The number of rotatable bonds is 3. The van der Waals surface area contributed by atoms with Gasteiger partial charge in [0.25, 0.3) is 0 Å². The van der Waals surface area contributed by atoms with Crippen molar-refractivity contribution in [1.82, 2.24) is 0 Å². The van der Waals surface area contributed by atoms with Crippen LogP contribution >= 0.6 is 38.9 Å². The zero-order valence-electron chi connectivity index (χ0n) is 8.34. The third kappa shape index (κ3) is 2.90. The smallest absolute Gasteiger partial charge is 0.0702 e. The van der Waals surface area contributed by atoms with Gasteiger partial charge in [-0.3, -0.25) is 0 Å². The second kappa shape index (κ2) is 5.08. The van der Waals surface area contributed by atoms with E-state index in [4.69, 9.17) is 17.3 Å². The largest absolute Gasteiger partial charge is 0.397 e. The fourth-order valence-corrected chi connectivity index (χ4v) is 2.91. The van der Waals surface area contributed by atoms with E-state index >= 15 is 0 Å². The predicted octanol–water partition coefficient (Wildman–Crippen LogP) is 4.36. The summed E-state index contributed by atoms with van der Waals surface area (Å²) in [6.07, 6.45) is 0. The van der Waals surface area contributed by atoms with Crippen LogP contribution in [0.4, 0.5) is 11.4 Å². The molecule has 84 valence electrons. The highest BCUT2D eigenvalue weighted by atomic mass is 79.9. The van der Waals surface area contributed by atoms with Crippen LogP contribution in [0.15, 0.2) is 34.1 Å². The van der Waals surface area contributed by atoms with Crippen molar-refractivity contribution < 1.29 is 0 Å². The highest BCUT2D eigenvalue weighted by molar-refractivity contribution is 9.11. The second-order valence-corrected chi connectivity index (χ2v) is 6.27. The summed E-state index contributed by atoms with van der Waals surface area (Å²) in [6, 6.07) is 9.52. The maximum Gasteiger partial charge on any atom is 0.0702 e. The number of nitrogens with two attached hydrogens (primary N) is 1. The van der Waals surface area contributed by atoms with Crippen molar-refractivity contribution in [2.75, 3.05) is 11.1 Å². The van der Waals surface area contributed by atoms with E-state index in [1.54, 1.807) is 23.5 Å². The van der Waals surface area contributed by atoms with E-state index in [0.717, 1.165) is 16.0 Å². The van der Waals surface area contributed by atoms with Gasteiger partial charge in [-0.05, 0) is 46.3 Å². The first-order valence-corrected chi connectivity index (χ1v) is 6.67. The Morgan fingerprint density at radius 3 is 2.81 bits per heavy atom. The summed E-state index contributed by atoms with van der Waals surface area (Å²) >= 11 is 11.0. The minimum Gasteiger partial charge on any atom is -0.397 e. The fourth-order valence-electron chi connectivity index (χ4n) is 1.31. The molecule has 0 aliphatic heterocycles. The molecular weight excluding hydrogens is 308 g/mol. The minimum atomic E-state index is 0.684. The first-order valence-electron chi connectivity index (χ1n) is 4.68. The molecule has 0 radical (unpaired) electrons. The Balaban J connectivity index is 2.07. The number of benzene rings is 1. The average molecular weight is 318 g/mol. The van der Waals surface area contributed by atoms with Gasteiger partial charge in [-0.1, -0.05) is 11.6 Å². The SMILES string of the molecule is Nc1ccc(Cl)cc1NCc1ccc(Br)s1. The lowest BCUT2D eigenvalue weighted by Gasteiger charge is -2.08. The van der Waals surface area contributed by atoms with E-state index in [1.165, 1.54) is 4.88 Å². The maximum atomic E-state index is 5.90. The molecule has 1 aromatic heterocycles. The number of hydrogen-bond donors (Lipinski definition) is 2. The zero-order valence-corrected chi connectivity index (χ0v) is 11.5. The molecule has 1 heterocycles. The molecule has 1 aromatic carbocycles. The van der Waals surface area contributed by atoms with Crippen molar-refractivity contribution in [3.05, 3.63) is 44.0 Å². The van der Waals surface area contributed by atoms with Crippen LogP contribution < -0.4 is 11.1 Å². The van der Waals surface area contributed by atoms with Crippen molar-refractivity contribution in [3.8, 4) is 0 Å². The zero-order chi connectivity index (χ0) is 11.5. The topological polar surface area (TPSA) is 38.0 Å². The Labute approximate surface area is 112 Å². The van der Waals surface area contributed by atoms with Gasteiger partial charge in [-0.15, -0.1) is 11.3 Å². The lowest BCUT2D eigenvalue weighted by atomic mass is 10.2. The van der Waals surface area contributed by atoms with Crippen molar-refractivity contribution in [3.63, 3.8) is 0 Å². The number of halogens is 2. The van der Waals surface area contributed by atoms with Crippen LogP contribution in [0.2, 0.25) is 5.02 Å². The van der Waals surface area contributed by atoms with Crippen LogP contribution in [0.25, 0.3) is 0 Å². The normalized spacial score (nSPS) is 10.4. The molecule has 0 aliphatic carbocycles. The van der Waals surface area contributed by atoms with Crippen LogP contribution in [0.3, 0.4) is 0 Å². The quantitative estimate of drug-likeness (QED) is 0.826.